The van der Waals surface area contributed by atoms with Crippen molar-refractivity contribution in [2.75, 3.05) is 19.7 Å². The molecule has 2 heterocycles. The maximum Gasteiger partial charge on any atom is 0.257 e. The zero-order valence-corrected chi connectivity index (χ0v) is 13.6. The van der Waals surface area contributed by atoms with Gasteiger partial charge in [-0.25, -0.2) is 0 Å². The Hall–Kier alpha value is -1.98. The van der Waals surface area contributed by atoms with Crippen LogP contribution in [0.1, 0.15) is 27.9 Å². The van der Waals surface area contributed by atoms with Gasteiger partial charge in [-0.2, -0.15) is 0 Å². The Labute approximate surface area is 140 Å². The number of aromatic amines is 1. The van der Waals surface area contributed by atoms with E-state index in [-0.39, 0.29) is 11.5 Å². The molecule has 1 aromatic heterocycles. The molecule has 1 fully saturated rings. The number of aromatic nitrogens is 1. The summed E-state index contributed by atoms with van der Waals surface area (Å²) in [6.07, 6.45) is 3.68. The lowest BCUT2D eigenvalue weighted by molar-refractivity contribution is -0.103. The predicted molar refractivity (Wildman–Crippen MR) is 89.9 cm³/mol. The lowest BCUT2D eigenvalue weighted by atomic mass is 9.93. The van der Waals surface area contributed by atoms with Gasteiger partial charge in [0.25, 0.3) is 5.91 Å². The van der Waals surface area contributed by atoms with Gasteiger partial charge in [-0.05, 0) is 36.1 Å². The van der Waals surface area contributed by atoms with Crippen LogP contribution in [-0.4, -0.2) is 35.5 Å². The minimum Gasteiger partial charge on any atom is -0.367 e. The van der Waals surface area contributed by atoms with Crippen LogP contribution in [0, 0.1) is 4.64 Å². The van der Waals surface area contributed by atoms with Crippen LogP contribution in [0.3, 0.4) is 0 Å². The van der Waals surface area contributed by atoms with E-state index in [2.05, 4.69) is 23.2 Å². The number of benzene rings is 1. The number of amides is 1. The normalized spacial score (nSPS) is 23.0. The number of nitrogens with one attached hydrogen (secondary N) is 1. The number of carbonyl (C=O) groups excluding carboxylic acids is 1. The number of carbonyl (C=O) groups is 1. The number of nitrogens with zero attached hydrogens (tertiary/aromatic N) is 1. The van der Waals surface area contributed by atoms with Gasteiger partial charge in [-0.15, -0.1) is 0 Å². The minimum atomic E-state index is -0.357. The Morgan fingerprint density at radius 2 is 2.13 bits per heavy atom. The zero-order valence-electron chi connectivity index (χ0n) is 12.7. The average molecular weight is 326 g/mol. The van der Waals surface area contributed by atoms with E-state index >= 15 is 0 Å². The highest BCUT2D eigenvalue weighted by molar-refractivity contribution is 7.71. The number of hydrogen-bond acceptors (Lipinski definition) is 3. The molecule has 0 bridgehead atoms. The minimum absolute atomic E-state index is 0.0149. The molecule has 5 heteroatoms. The Morgan fingerprint density at radius 3 is 3.00 bits per heavy atom. The maximum atomic E-state index is 12.9. The van der Waals surface area contributed by atoms with Crippen LogP contribution < -0.4 is 0 Å². The van der Waals surface area contributed by atoms with Crippen LogP contribution in [0.2, 0.25) is 0 Å². The Morgan fingerprint density at radius 1 is 1.26 bits per heavy atom. The van der Waals surface area contributed by atoms with Crippen molar-refractivity contribution >= 4 is 18.1 Å². The summed E-state index contributed by atoms with van der Waals surface area (Å²) in [7, 11) is 0. The Kier molecular flexibility index (Phi) is 3.54. The molecular weight excluding hydrogens is 308 g/mol. The van der Waals surface area contributed by atoms with Gasteiger partial charge < -0.3 is 14.6 Å². The maximum absolute atomic E-state index is 12.9. The second-order valence-electron chi connectivity index (χ2n) is 6.14. The zero-order chi connectivity index (χ0) is 15.9. The smallest absolute Gasteiger partial charge is 0.257 e. The SMILES string of the molecule is O=C(c1ccc[nH]c1=S)N1CCOC2(CCc3ccccc32)C1. The van der Waals surface area contributed by atoms with Crippen LogP contribution in [0.15, 0.2) is 42.6 Å². The average Bonchev–Trinajstić information content (AvgIpc) is 2.93. The largest absolute Gasteiger partial charge is 0.367 e. The summed E-state index contributed by atoms with van der Waals surface area (Å²) in [6, 6.07) is 12.0. The van der Waals surface area contributed by atoms with Gasteiger partial charge >= 0.3 is 0 Å². The van der Waals surface area contributed by atoms with E-state index in [0.717, 1.165) is 12.8 Å². The first-order valence-corrected chi connectivity index (χ1v) is 8.30. The van der Waals surface area contributed by atoms with Crippen LogP contribution >= 0.6 is 12.2 Å². The second-order valence-corrected chi connectivity index (χ2v) is 6.55. The molecule has 1 saturated heterocycles. The fraction of sp³-hybridized carbons (Fsp3) is 0.333. The third-order valence-electron chi connectivity index (χ3n) is 4.83. The molecule has 1 N–H and O–H groups in total. The van der Waals surface area contributed by atoms with Crippen LogP contribution in [0.25, 0.3) is 0 Å². The highest BCUT2D eigenvalue weighted by Gasteiger charge is 2.44. The molecule has 4 rings (SSSR count). The number of ether oxygens (including phenoxy) is 1. The fourth-order valence-corrected chi connectivity index (χ4v) is 3.91. The van der Waals surface area contributed by atoms with Crippen LogP contribution in [-0.2, 0) is 16.8 Å². The van der Waals surface area contributed by atoms with Gasteiger partial charge in [0.1, 0.15) is 10.2 Å². The van der Waals surface area contributed by atoms with Crippen molar-refractivity contribution in [3.05, 3.63) is 63.9 Å². The first-order valence-electron chi connectivity index (χ1n) is 7.89. The number of pyridine rings is 1. The molecule has 118 valence electrons. The van der Waals surface area contributed by atoms with E-state index in [1.807, 2.05) is 17.0 Å². The third kappa shape index (κ3) is 2.40. The van der Waals surface area contributed by atoms with Gasteiger partial charge in [0.15, 0.2) is 0 Å². The molecule has 1 aromatic carbocycles. The summed E-state index contributed by atoms with van der Waals surface area (Å²) in [4.78, 5) is 17.7. The molecule has 0 radical (unpaired) electrons. The molecule has 2 aromatic rings. The highest BCUT2D eigenvalue weighted by Crippen LogP contribution is 2.42. The van der Waals surface area contributed by atoms with E-state index in [1.54, 1.807) is 12.3 Å². The van der Waals surface area contributed by atoms with E-state index in [0.29, 0.717) is 29.9 Å². The van der Waals surface area contributed by atoms with Gasteiger partial charge in [0.05, 0.1) is 18.7 Å². The van der Waals surface area contributed by atoms with Crippen molar-refractivity contribution in [3.63, 3.8) is 0 Å². The fourth-order valence-electron chi connectivity index (χ4n) is 3.69. The van der Waals surface area contributed by atoms with Gasteiger partial charge in [-0.1, -0.05) is 36.5 Å². The molecule has 1 aliphatic carbocycles. The Balaban J connectivity index is 1.65. The van der Waals surface area contributed by atoms with Gasteiger partial charge in [-0.3, -0.25) is 4.79 Å². The summed E-state index contributed by atoms with van der Waals surface area (Å²) in [5.41, 5.74) is 2.77. The number of H-pyrrole nitrogens is 1. The monoisotopic (exact) mass is 326 g/mol. The van der Waals surface area contributed by atoms with E-state index in [9.17, 15) is 4.79 Å². The highest BCUT2D eigenvalue weighted by atomic mass is 32.1. The summed E-state index contributed by atoms with van der Waals surface area (Å²) in [5, 5.41) is 0. The number of hydrogen-bond donors (Lipinski definition) is 1. The second kappa shape index (κ2) is 5.58. The lowest BCUT2D eigenvalue weighted by Gasteiger charge is -2.41. The van der Waals surface area contributed by atoms with Gasteiger partial charge in [0, 0.05) is 12.7 Å². The standard InChI is InChI=1S/C18H18N2O2S/c21-17(14-5-3-9-19-16(14)23)20-10-11-22-18(12-20)8-7-13-4-1-2-6-15(13)18/h1-6,9H,7-8,10-12H2,(H,19,23). The van der Waals surface area contributed by atoms with E-state index in [1.165, 1.54) is 11.1 Å². The quantitative estimate of drug-likeness (QED) is 0.819. The number of fused-ring (bicyclic) bond motifs is 2. The Bertz CT molecular complexity index is 812. The van der Waals surface area contributed by atoms with Crippen LogP contribution in [0.5, 0.6) is 0 Å². The predicted octanol–water partition coefficient (Wildman–Crippen LogP) is 3.06. The van der Waals surface area contributed by atoms with Crippen molar-refractivity contribution in [1.82, 2.24) is 9.88 Å². The number of morpholine rings is 1. The molecule has 1 atom stereocenters. The van der Waals surface area contributed by atoms with Crippen molar-refractivity contribution in [3.8, 4) is 0 Å². The van der Waals surface area contributed by atoms with Gasteiger partial charge in [0.2, 0.25) is 0 Å². The third-order valence-corrected chi connectivity index (χ3v) is 5.17. The molecular formula is C18H18N2O2S. The molecule has 23 heavy (non-hydrogen) atoms. The molecule has 2 aliphatic rings. The lowest BCUT2D eigenvalue weighted by Crippen LogP contribution is -2.51. The first-order chi connectivity index (χ1) is 11.2. The molecule has 1 unspecified atom stereocenters. The molecule has 1 aliphatic heterocycles. The van der Waals surface area contributed by atoms with Crippen molar-refractivity contribution in [1.29, 1.82) is 0 Å². The molecule has 1 spiro atoms. The van der Waals surface area contributed by atoms with Crippen LogP contribution in [0.4, 0.5) is 0 Å². The van der Waals surface area contributed by atoms with Crippen molar-refractivity contribution < 1.29 is 9.53 Å². The first kappa shape index (κ1) is 14.6. The number of rotatable bonds is 1. The molecule has 4 nitrogen and oxygen atoms in total. The number of aryl methyl sites for hydroxylation is 1. The molecule has 1 amide bonds. The topological polar surface area (TPSA) is 45.3 Å². The summed E-state index contributed by atoms with van der Waals surface area (Å²) >= 11 is 5.25. The van der Waals surface area contributed by atoms with E-state index < -0.39 is 0 Å². The van der Waals surface area contributed by atoms with E-state index in [4.69, 9.17) is 17.0 Å². The molecule has 0 saturated carbocycles. The summed E-state index contributed by atoms with van der Waals surface area (Å²) in [5.74, 6) is -0.0149. The summed E-state index contributed by atoms with van der Waals surface area (Å²) < 4.78 is 6.66. The van der Waals surface area contributed by atoms with Crippen molar-refractivity contribution in [2.24, 2.45) is 0 Å². The van der Waals surface area contributed by atoms with Crippen molar-refractivity contribution in [2.45, 2.75) is 18.4 Å². The summed E-state index contributed by atoms with van der Waals surface area (Å²) in [6.45, 7) is 1.75.